The van der Waals surface area contributed by atoms with Gasteiger partial charge in [-0.2, -0.15) is 0 Å². The quantitative estimate of drug-likeness (QED) is 0.558. The van der Waals surface area contributed by atoms with Crippen LogP contribution in [0.25, 0.3) is 0 Å². The van der Waals surface area contributed by atoms with E-state index < -0.39 is 0 Å². The fraction of sp³-hybridized carbons (Fsp3) is 0.429. The van der Waals surface area contributed by atoms with E-state index in [1.165, 1.54) is 0 Å². The molecule has 0 aromatic carbocycles. The molecule has 2 nitrogen and oxygen atoms in total. The van der Waals surface area contributed by atoms with Crippen molar-refractivity contribution in [2.24, 2.45) is 5.92 Å². The molecule has 2 N–H and O–H groups in total. The molecular formula is C7H12N2. The van der Waals surface area contributed by atoms with Crippen molar-refractivity contribution < 1.29 is 0 Å². The zero-order valence-electron chi connectivity index (χ0n) is 5.59. The Bertz CT molecular complexity index is 115. The van der Waals surface area contributed by atoms with Crippen LogP contribution < -0.4 is 10.6 Å². The van der Waals surface area contributed by atoms with Gasteiger partial charge in [0, 0.05) is 12.5 Å². The predicted molar refractivity (Wildman–Crippen MR) is 38.8 cm³/mol. The molecule has 0 saturated heterocycles. The van der Waals surface area contributed by atoms with Crippen molar-refractivity contribution in [3.63, 3.8) is 0 Å². The second-order valence-electron chi connectivity index (χ2n) is 2.11. The maximum absolute atomic E-state index is 3.11. The molecule has 0 spiro atoms. The molecule has 0 amide bonds. The molecule has 1 rings (SSSR count). The molecule has 9 heavy (non-hydrogen) atoms. The van der Waals surface area contributed by atoms with Gasteiger partial charge in [-0.15, -0.1) is 0 Å². The van der Waals surface area contributed by atoms with Crippen LogP contribution in [0.15, 0.2) is 24.6 Å². The Balaban J connectivity index is 2.31. The molecule has 0 aliphatic carbocycles. The third-order valence-corrected chi connectivity index (χ3v) is 1.32. The highest BCUT2D eigenvalue weighted by molar-refractivity contribution is 5.06. The first-order chi connectivity index (χ1) is 4.43. The first-order valence-corrected chi connectivity index (χ1v) is 3.17. The topological polar surface area (TPSA) is 24.1 Å². The van der Waals surface area contributed by atoms with Crippen molar-refractivity contribution in [1.29, 1.82) is 0 Å². The SMILES string of the molecule is CNCC1C=CNC=C1. The summed E-state index contributed by atoms with van der Waals surface area (Å²) in [7, 11) is 1.96. The van der Waals surface area contributed by atoms with Crippen LogP contribution in [0.5, 0.6) is 0 Å². The predicted octanol–water partition coefficient (Wildman–Crippen LogP) is 0.453. The molecule has 50 valence electrons. The summed E-state index contributed by atoms with van der Waals surface area (Å²) in [5.41, 5.74) is 0. The number of hydrogen-bond acceptors (Lipinski definition) is 2. The van der Waals surface area contributed by atoms with Crippen LogP contribution in [-0.2, 0) is 0 Å². The van der Waals surface area contributed by atoms with E-state index in [4.69, 9.17) is 0 Å². The molecule has 0 saturated carbocycles. The van der Waals surface area contributed by atoms with Crippen molar-refractivity contribution in [1.82, 2.24) is 10.6 Å². The fourth-order valence-electron chi connectivity index (χ4n) is 0.850. The lowest BCUT2D eigenvalue weighted by Gasteiger charge is -2.09. The van der Waals surface area contributed by atoms with Crippen LogP contribution in [0.4, 0.5) is 0 Å². The fourth-order valence-corrected chi connectivity index (χ4v) is 0.850. The third kappa shape index (κ3) is 1.90. The van der Waals surface area contributed by atoms with Crippen LogP contribution in [0.1, 0.15) is 0 Å². The van der Waals surface area contributed by atoms with Crippen LogP contribution in [0.2, 0.25) is 0 Å². The monoisotopic (exact) mass is 124 g/mol. The smallest absolute Gasteiger partial charge is 0.0106 e. The normalized spacial score (nSPS) is 17.9. The summed E-state index contributed by atoms with van der Waals surface area (Å²) in [5.74, 6) is 0.566. The van der Waals surface area contributed by atoms with Gasteiger partial charge >= 0.3 is 0 Å². The molecule has 0 unspecified atom stereocenters. The average Bonchev–Trinajstić information content (AvgIpc) is 1.91. The molecule has 2 heteroatoms. The zero-order chi connectivity index (χ0) is 6.53. The average molecular weight is 124 g/mol. The highest BCUT2D eigenvalue weighted by Gasteiger charge is 1.98. The number of hydrogen-bond donors (Lipinski definition) is 2. The van der Waals surface area contributed by atoms with E-state index in [0.29, 0.717) is 5.92 Å². The van der Waals surface area contributed by atoms with E-state index in [2.05, 4.69) is 22.8 Å². The van der Waals surface area contributed by atoms with Gasteiger partial charge in [-0.3, -0.25) is 0 Å². The molecule has 0 aromatic rings. The van der Waals surface area contributed by atoms with Crippen molar-refractivity contribution in [3.05, 3.63) is 24.6 Å². The van der Waals surface area contributed by atoms with Gasteiger partial charge in [0.25, 0.3) is 0 Å². The lowest BCUT2D eigenvalue weighted by atomic mass is 10.1. The Morgan fingerprint density at radius 3 is 2.67 bits per heavy atom. The Morgan fingerprint density at radius 2 is 2.11 bits per heavy atom. The molecule has 0 fully saturated rings. The van der Waals surface area contributed by atoms with Crippen LogP contribution in [0.3, 0.4) is 0 Å². The van der Waals surface area contributed by atoms with Gasteiger partial charge < -0.3 is 10.6 Å². The zero-order valence-corrected chi connectivity index (χ0v) is 5.59. The summed E-state index contributed by atoms with van der Waals surface area (Å²) in [6.45, 7) is 1.02. The first kappa shape index (κ1) is 6.36. The largest absolute Gasteiger partial charge is 0.368 e. The van der Waals surface area contributed by atoms with Gasteiger partial charge in [0.15, 0.2) is 0 Å². The summed E-state index contributed by atoms with van der Waals surface area (Å²) in [6.07, 6.45) is 8.19. The summed E-state index contributed by atoms with van der Waals surface area (Å²) < 4.78 is 0. The molecule has 1 heterocycles. The van der Waals surface area contributed by atoms with Crippen LogP contribution >= 0.6 is 0 Å². The summed E-state index contributed by atoms with van der Waals surface area (Å²) in [5, 5.41) is 6.09. The molecule has 0 bridgehead atoms. The van der Waals surface area contributed by atoms with Crippen molar-refractivity contribution in [3.8, 4) is 0 Å². The van der Waals surface area contributed by atoms with E-state index in [1.54, 1.807) is 0 Å². The summed E-state index contributed by atoms with van der Waals surface area (Å²) in [6, 6.07) is 0. The summed E-state index contributed by atoms with van der Waals surface area (Å²) >= 11 is 0. The Labute approximate surface area is 55.6 Å². The van der Waals surface area contributed by atoms with Crippen molar-refractivity contribution in [2.45, 2.75) is 0 Å². The van der Waals surface area contributed by atoms with Crippen molar-refractivity contribution in [2.75, 3.05) is 13.6 Å². The molecule has 1 aliphatic heterocycles. The van der Waals surface area contributed by atoms with Gasteiger partial charge in [0.1, 0.15) is 0 Å². The van der Waals surface area contributed by atoms with E-state index in [9.17, 15) is 0 Å². The summed E-state index contributed by atoms with van der Waals surface area (Å²) in [4.78, 5) is 0. The lowest BCUT2D eigenvalue weighted by Crippen LogP contribution is -2.18. The molecule has 0 aromatic heterocycles. The minimum absolute atomic E-state index is 0.566. The number of rotatable bonds is 2. The van der Waals surface area contributed by atoms with E-state index in [1.807, 2.05) is 19.4 Å². The van der Waals surface area contributed by atoms with Crippen molar-refractivity contribution >= 4 is 0 Å². The highest BCUT2D eigenvalue weighted by Crippen LogP contribution is 2.01. The molecule has 0 atom stereocenters. The van der Waals surface area contributed by atoms with Gasteiger partial charge in [-0.05, 0) is 19.4 Å². The second kappa shape index (κ2) is 3.30. The molecular weight excluding hydrogens is 112 g/mol. The van der Waals surface area contributed by atoms with Gasteiger partial charge in [0.05, 0.1) is 0 Å². The van der Waals surface area contributed by atoms with Crippen LogP contribution in [0, 0.1) is 5.92 Å². The van der Waals surface area contributed by atoms with Gasteiger partial charge in [-0.1, -0.05) is 12.2 Å². The number of dihydropyridines is 1. The Kier molecular flexibility index (Phi) is 2.33. The first-order valence-electron chi connectivity index (χ1n) is 3.17. The Hall–Kier alpha value is -0.760. The van der Waals surface area contributed by atoms with E-state index in [0.717, 1.165) is 6.54 Å². The minimum atomic E-state index is 0.566. The maximum Gasteiger partial charge on any atom is 0.0106 e. The van der Waals surface area contributed by atoms with E-state index in [-0.39, 0.29) is 0 Å². The minimum Gasteiger partial charge on any atom is -0.368 e. The second-order valence-corrected chi connectivity index (χ2v) is 2.11. The Morgan fingerprint density at radius 1 is 1.44 bits per heavy atom. The van der Waals surface area contributed by atoms with Gasteiger partial charge in [0.2, 0.25) is 0 Å². The number of nitrogens with one attached hydrogen (secondary N) is 2. The standard InChI is InChI=1S/C7H12N2/c1-8-6-7-2-4-9-5-3-7/h2-5,7-9H,6H2,1H3. The highest BCUT2D eigenvalue weighted by atomic mass is 14.8. The third-order valence-electron chi connectivity index (χ3n) is 1.32. The van der Waals surface area contributed by atoms with Crippen LogP contribution in [-0.4, -0.2) is 13.6 Å². The maximum atomic E-state index is 3.11. The molecule has 0 radical (unpaired) electrons. The molecule has 1 aliphatic rings. The lowest BCUT2D eigenvalue weighted by molar-refractivity contribution is 0.690. The van der Waals surface area contributed by atoms with Gasteiger partial charge in [-0.25, -0.2) is 0 Å². The van der Waals surface area contributed by atoms with E-state index >= 15 is 0 Å².